The molecule has 156 valence electrons. The summed E-state index contributed by atoms with van der Waals surface area (Å²) in [5, 5.41) is 8.05. The maximum absolute atomic E-state index is 4.77. The molecule has 5 heterocycles. The number of rotatable bonds is 4. The van der Waals surface area contributed by atoms with Crippen LogP contribution in [0.1, 0.15) is 12.8 Å². The van der Waals surface area contributed by atoms with E-state index in [1.54, 1.807) is 12.5 Å². The van der Waals surface area contributed by atoms with Crippen molar-refractivity contribution in [2.24, 2.45) is 17.8 Å². The van der Waals surface area contributed by atoms with Gasteiger partial charge >= 0.3 is 0 Å². The zero-order chi connectivity index (χ0) is 20.6. The Morgan fingerprint density at radius 2 is 2.10 bits per heavy atom. The molecule has 2 aliphatic carbocycles. The molecule has 1 aliphatic heterocycles. The third-order valence-corrected chi connectivity index (χ3v) is 7.80. The summed E-state index contributed by atoms with van der Waals surface area (Å²) in [5.41, 5.74) is 2.66. The number of hydrogen-bond donors (Lipinski definition) is 2. The van der Waals surface area contributed by atoms with Crippen LogP contribution in [0.15, 0.2) is 43.2 Å². The summed E-state index contributed by atoms with van der Waals surface area (Å²) < 4.78 is 0. The highest BCUT2D eigenvalue weighted by Crippen LogP contribution is 2.71. The van der Waals surface area contributed by atoms with Gasteiger partial charge in [-0.05, 0) is 42.7 Å². The summed E-state index contributed by atoms with van der Waals surface area (Å²) in [6.45, 7) is 1.98. The highest BCUT2D eigenvalue weighted by Gasteiger charge is 2.73. The number of likely N-dealkylation sites (N-methyl/N-ethyl adjacent to an activating group) is 1. The van der Waals surface area contributed by atoms with Gasteiger partial charge in [0.2, 0.25) is 0 Å². The molecule has 0 amide bonds. The molecule has 3 fully saturated rings. The Balaban J connectivity index is 1.23. The molecule has 0 radical (unpaired) electrons. The summed E-state index contributed by atoms with van der Waals surface area (Å²) >= 11 is 0. The number of nitrogens with one attached hydrogen (secondary N) is 2. The fourth-order valence-electron chi connectivity index (χ4n) is 6.20. The van der Waals surface area contributed by atoms with Crippen LogP contribution in [0.4, 0.5) is 11.6 Å². The van der Waals surface area contributed by atoms with E-state index >= 15 is 0 Å². The first-order valence-corrected chi connectivity index (χ1v) is 10.8. The Kier molecular flexibility index (Phi) is 3.35. The zero-order valence-corrected chi connectivity index (χ0v) is 17.2. The van der Waals surface area contributed by atoms with E-state index in [0.29, 0.717) is 0 Å². The summed E-state index contributed by atoms with van der Waals surface area (Å²) in [5.74, 6) is 4.38. The van der Waals surface area contributed by atoms with Crippen molar-refractivity contribution < 1.29 is 0 Å². The minimum atomic E-state index is 0.0730. The average Bonchev–Trinajstić information content (AvgIpc) is 3.19. The standard InChI is InChI=1S/C22H23N9/c1-30(18-10-24-17(9-25-18)16-3-6-28-29-16)22-8-15-13(19(15)22)4-7-31(11-22)21-14-2-5-23-20(14)26-12-27-21/h2-3,5-6,9-10,12-13,15,19H,4,7-8,11H2,1H3,(H,28,29)(H,23,26,27). The van der Waals surface area contributed by atoms with E-state index in [1.165, 1.54) is 12.8 Å². The minimum Gasteiger partial charge on any atom is -0.354 e. The third-order valence-electron chi connectivity index (χ3n) is 7.80. The Morgan fingerprint density at radius 3 is 2.94 bits per heavy atom. The van der Waals surface area contributed by atoms with Crippen LogP contribution in [0, 0.1) is 17.8 Å². The summed E-state index contributed by atoms with van der Waals surface area (Å²) in [6.07, 6.45) is 11.5. The quantitative estimate of drug-likeness (QED) is 0.530. The van der Waals surface area contributed by atoms with Crippen LogP contribution in [-0.4, -0.2) is 60.8 Å². The van der Waals surface area contributed by atoms with Crippen molar-refractivity contribution in [3.8, 4) is 11.4 Å². The smallest absolute Gasteiger partial charge is 0.147 e. The van der Waals surface area contributed by atoms with Gasteiger partial charge in [0, 0.05) is 32.5 Å². The molecule has 9 nitrogen and oxygen atoms in total. The SMILES string of the molecule is CN(c1cnc(-c2ccn[nH]2)cn1)C12CC3C(CCN(c4ncnc5[nH]ccc45)C1)C32. The topological polar surface area (TPSA) is 103 Å². The second-order valence-corrected chi connectivity index (χ2v) is 9.10. The molecule has 0 spiro atoms. The molecule has 4 atom stereocenters. The Hall–Kier alpha value is -3.49. The van der Waals surface area contributed by atoms with Crippen molar-refractivity contribution in [2.75, 3.05) is 29.9 Å². The lowest BCUT2D eigenvalue weighted by Crippen LogP contribution is -2.61. The van der Waals surface area contributed by atoms with Crippen molar-refractivity contribution in [3.05, 3.63) is 43.2 Å². The Morgan fingerprint density at radius 1 is 1.13 bits per heavy atom. The third kappa shape index (κ3) is 2.34. The van der Waals surface area contributed by atoms with E-state index in [-0.39, 0.29) is 5.54 Å². The molecule has 0 aromatic carbocycles. The first-order valence-electron chi connectivity index (χ1n) is 10.8. The van der Waals surface area contributed by atoms with E-state index in [9.17, 15) is 0 Å². The molecule has 2 N–H and O–H groups in total. The highest BCUT2D eigenvalue weighted by molar-refractivity contribution is 5.87. The fraction of sp³-hybridized carbons (Fsp3) is 0.409. The monoisotopic (exact) mass is 413 g/mol. The van der Waals surface area contributed by atoms with Crippen LogP contribution in [0.3, 0.4) is 0 Å². The molecule has 4 unspecified atom stereocenters. The summed E-state index contributed by atoms with van der Waals surface area (Å²) in [4.78, 5) is 26.5. The van der Waals surface area contributed by atoms with Gasteiger partial charge in [0.05, 0.1) is 29.0 Å². The predicted octanol–water partition coefficient (Wildman–Crippen LogP) is 2.49. The van der Waals surface area contributed by atoms with E-state index in [2.05, 4.69) is 53.0 Å². The minimum absolute atomic E-state index is 0.0730. The van der Waals surface area contributed by atoms with Crippen LogP contribution < -0.4 is 9.80 Å². The Labute approximate surface area is 178 Å². The van der Waals surface area contributed by atoms with Crippen molar-refractivity contribution >= 4 is 22.7 Å². The second kappa shape index (κ2) is 6.03. The molecule has 1 saturated heterocycles. The summed E-state index contributed by atoms with van der Waals surface area (Å²) in [7, 11) is 2.18. The van der Waals surface area contributed by atoms with Gasteiger partial charge < -0.3 is 14.8 Å². The van der Waals surface area contributed by atoms with Crippen LogP contribution >= 0.6 is 0 Å². The first kappa shape index (κ1) is 17.2. The van der Waals surface area contributed by atoms with Gasteiger partial charge in [-0.1, -0.05) is 0 Å². The van der Waals surface area contributed by atoms with Gasteiger partial charge in [-0.3, -0.25) is 5.10 Å². The van der Waals surface area contributed by atoms with Crippen LogP contribution in [0.5, 0.6) is 0 Å². The van der Waals surface area contributed by atoms with Crippen LogP contribution in [0.2, 0.25) is 0 Å². The van der Waals surface area contributed by atoms with Gasteiger partial charge in [-0.15, -0.1) is 0 Å². The van der Waals surface area contributed by atoms with Crippen molar-refractivity contribution in [1.29, 1.82) is 0 Å². The van der Waals surface area contributed by atoms with Gasteiger partial charge in [0.15, 0.2) is 0 Å². The van der Waals surface area contributed by atoms with Crippen molar-refractivity contribution in [3.63, 3.8) is 0 Å². The average molecular weight is 413 g/mol. The lowest BCUT2D eigenvalue weighted by atomic mass is 9.75. The summed E-state index contributed by atoms with van der Waals surface area (Å²) in [6, 6.07) is 3.99. The number of anilines is 2. The number of aromatic nitrogens is 7. The van der Waals surface area contributed by atoms with Crippen LogP contribution in [0.25, 0.3) is 22.4 Å². The van der Waals surface area contributed by atoms with Gasteiger partial charge in [0.25, 0.3) is 0 Å². The number of fused-ring (bicyclic) bond motifs is 2. The Bertz CT molecular complexity index is 1250. The second-order valence-electron chi connectivity index (χ2n) is 9.10. The van der Waals surface area contributed by atoms with E-state index < -0.39 is 0 Å². The number of hydrogen-bond acceptors (Lipinski definition) is 7. The van der Waals surface area contributed by atoms with E-state index in [1.807, 2.05) is 24.7 Å². The maximum Gasteiger partial charge on any atom is 0.147 e. The molecular weight excluding hydrogens is 390 g/mol. The molecule has 2 saturated carbocycles. The van der Waals surface area contributed by atoms with Gasteiger partial charge in [-0.25, -0.2) is 19.9 Å². The van der Waals surface area contributed by atoms with Gasteiger partial charge in [0.1, 0.15) is 29.3 Å². The fourth-order valence-corrected chi connectivity index (χ4v) is 6.20. The molecular formula is C22H23N9. The molecule has 31 heavy (non-hydrogen) atoms. The number of H-pyrrole nitrogens is 2. The number of nitrogens with zero attached hydrogens (tertiary/aromatic N) is 7. The highest BCUT2D eigenvalue weighted by atomic mass is 15.3. The largest absolute Gasteiger partial charge is 0.354 e. The molecule has 0 bridgehead atoms. The van der Waals surface area contributed by atoms with Gasteiger partial charge in [-0.2, -0.15) is 5.10 Å². The molecule has 3 aliphatic rings. The van der Waals surface area contributed by atoms with Crippen molar-refractivity contribution in [2.45, 2.75) is 18.4 Å². The van der Waals surface area contributed by atoms with Crippen molar-refractivity contribution in [1.82, 2.24) is 35.1 Å². The maximum atomic E-state index is 4.77. The first-order chi connectivity index (χ1) is 15.2. The molecule has 9 heteroatoms. The number of aromatic amines is 2. The predicted molar refractivity (Wildman–Crippen MR) is 117 cm³/mol. The van der Waals surface area contributed by atoms with E-state index in [4.69, 9.17) is 4.98 Å². The van der Waals surface area contributed by atoms with Crippen LogP contribution in [-0.2, 0) is 0 Å². The lowest BCUT2D eigenvalue weighted by Gasteiger charge is -2.51. The zero-order valence-electron chi connectivity index (χ0n) is 17.2. The lowest BCUT2D eigenvalue weighted by molar-refractivity contribution is 0.218. The molecule has 7 rings (SSSR count). The van der Waals surface area contributed by atoms with E-state index in [0.717, 1.165) is 64.9 Å². The normalized spacial score (nSPS) is 28.7. The molecule has 4 aromatic rings. The molecule has 4 aromatic heterocycles.